The molecule has 2 aromatic rings. The maximum Gasteiger partial charge on any atom is 0.162 e. The largest absolute Gasteiger partial charge is 0.377 e. The first-order valence-electron chi connectivity index (χ1n) is 6.64. The highest BCUT2D eigenvalue weighted by Crippen LogP contribution is 2.28. The number of ether oxygens (including phenoxy) is 1. The lowest BCUT2D eigenvalue weighted by Gasteiger charge is -2.17. The molecule has 0 radical (unpaired) electrons. The summed E-state index contributed by atoms with van der Waals surface area (Å²) in [7, 11) is 1.64. The fraction of sp³-hybridized carbons (Fsp3) is 0.500. The summed E-state index contributed by atoms with van der Waals surface area (Å²) in [4.78, 5) is 0. The van der Waals surface area contributed by atoms with E-state index in [0.717, 1.165) is 24.3 Å². The van der Waals surface area contributed by atoms with E-state index in [9.17, 15) is 0 Å². The lowest BCUT2D eigenvalue weighted by atomic mass is 9.92. The third-order valence-corrected chi connectivity index (χ3v) is 3.60. The van der Waals surface area contributed by atoms with Gasteiger partial charge in [0.25, 0.3) is 0 Å². The lowest BCUT2D eigenvalue weighted by molar-refractivity contribution is 0.155. The first-order valence-corrected chi connectivity index (χ1v) is 6.64. The predicted molar refractivity (Wildman–Crippen MR) is 70.6 cm³/mol. The lowest BCUT2D eigenvalue weighted by Crippen LogP contribution is -2.15. The zero-order valence-corrected chi connectivity index (χ0v) is 11.1. The second kappa shape index (κ2) is 5.19. The highest BCUT2D eigenvalue weighted by Gasteiger charge is 2.19. The number of nitrogens with zero attached hydrogens (tertiary/aromatic N) is 2. The Kier molecular flexibility index (Phi) is 3.40. The van der Waals surface area contributed by atoms with E-state index in [1.807, 2.05) is 6.07 Å². The van der Waals surface area contributed by atoms with Gasteiger partial charge in [-0.3, -0.25) is 0 Å². The summed E-state index contributed by atoms with van der Waals surface area (Å²) in [6.45, 7) is 1.17. The Bertz CT molecular complexity index is 559. The van der Waals surface area contributed by atoms with Crippen LogP contribution < -0.4 is 5.73 Å². The zero-order valence-electron chi connectivity index (χ0n) is 11.1. The molecule has 0 fully saturated rings. The average molecular weight is 261 g/mol. The highest BCUT2D eigenvalue weighted by molar-refractivity contribution is 5.30. The van der Waals surface area contributed by atoms with E-state index in [1.165, 1.54) is 17.5 Å². The Morgan fingerprint density at radius 2 is 2.42 bits per heavy atom. The number of fused-ring (bicyclic) bond motifs is 1. The number of hydrogen-bond donors (Lipinski definition) is 1. The van der Waals surface area contributed by atoms with Crippen LogP contribution in [0.1, 0.15) is 41.5 Å². The van der Waals surface area contributed by atoms with Crippen molar-refractivity contribution < 1.29 is 9.26 Å². The minimum absolute atomic E-state index is 0.186. The van der Waals surface area contributed by atoms with Gasteiger partial charge >= 0.3 is 0 Å². The summed E-state index contributed by atoms with van der Waals surface area (Å²) in [6, 6.07) is 2.12. The van der Waals surface area contributed by atoms with Crippen molar-refractivity contribution >= 4 is 0 Å². The molecule has 102 valence electrons. The summed E-state index contributed by atoms with van der Waals surface area (Å²) >= 11 is 0. The van der Waals surface area contributed by atoms with E-state index >= 15 is 0 Å². The molecule has 2 heterocycles. The molecule has 0 aromatic carbocycles. The molecular weight excluding hydrogens is 242 g/mol. The summed E-state index contributed by atoms with van der Waals surface area (Å²) < 4.78 is 12.3. The molecule has 0 saturated carbocycles. The summed E-state index contributed by atoms with van der Waals surface area (Å²) in [5.41, 5.74) is 9.70. The van der Waals surface area contributed by atoms with Crippen LogP contribution in [0, 0.1) is 0 Å². The van der Waals surface area contributed by atoms with Crippen LogP contribution in [0.4, 0.5) is 0 Å². The Hall–Kier alpha value is -1.59. The van der Waals surface area contributed by atoms with Gasteiger partial charge in [-0.15, -0.1) is 0 Å². The summed E-state index contributed by atoms with van der Waals surface area (Å²) in [5, 5.41) is 4.05. The minimum Gasteiger partial charge on any atom is -0.377 e. The van der Waals surface area contributed by atoms with Gasteiger partial charge in [0.1, 0.15) is 12.3 Å². The van der Waals surface area contributed by atoms with Crippen LogP contribution in [0.2, 0.25) is 0 Å². The van der Waals surface area contributed by atoms with E-state index in [0.29, 0.717) is 13.2 Å². The minimum atomic E-state index is 0.186. The van der Waals surface area contributed by atoms with E-state index in [4.69, 9.17) is 15.0 Å². The van der Waals surface area contributed by atoms with Gasteiger partial charge in [-0.05, 0) is 30.4 Å². The molecular formula is C14H19N3O2. The number of rotatable bonds is 4. The smallest absolute Gasteiger partial charge is 0.162 e. The van der Waals surface area contributed by atoms with Crippen LogP contribution in [-0.2, 0) is 24.3 Å². The molecule has 5 heteroatoms. The van der Waals surface area contributed by atoms with Crippen molar-refractivity contribution in [3.05, 3.63) is 41.0 Å². The molecule has 5 nitrogen and oxygen atoms in total. The maximum absolute atomic E-state index is 6.13. The molecule has 1 unspecified atom stereocenters. The third kappa shape index (κ3) is 2.57. The fourth-order valence-corrected chi connectivity index (χ4v) is 2.70. The zero-order chi connectivity index (χ0) is 13.2. The Morgan fingerprint density at radius 3 is 3.21 bits per heavy atom. The second-order valence-corrected chi connectivity index (χ2v) is 5.13. The van der Waals surface area contributed by atoms with E-state index in [1.54, 1.807) is 7.11 Å². The molecule has 2 aromatic heterocycles. The van der Waals surface area contributed by atoms with Gasteiger partial charge in [-0.25, -0.2) is 0 Å². The Morgan fingerprint density at radius 1 is 1.53 bits per heavy atom. The van der Waals surface area contributed by atoms with Crippen molar-refractivity contribution in [1.82, 2.24) is 9.72 Å². The van der Waals surface area contributed by atoms with Crippen molar-refractivity contribution in [1.29, 1.82) is 0 Å². The Labute approximate surface area is 112 Å². The van der Waals surface area contributed by atoms with Crippen LogP contribution in [-0.4, -0.2) is 16.8 Å². The first kappa shape index (κ1) is 12.4. The van der Waals surface area contributed by atoms with Gasteiger partial charge in [-0.1, -0.05) is 5.16 Å². The Balaban J connectivity index is 1.75. The molecule has 0 aliphatic heterocycles. The number of methoxy groups -OCH3 is 1. The number of nitrogens with two attached hydrogens (primary N) is 1. The molecule has 3 rings (SSSR count). The number of hydrogen-bond acceptors (Lipinski definition) is 4. The molecule has 0 amide bonds. The molecule has 0 bridgehead atoms. The standard InChI is InChI=1S/C14H19N3O2/c1-18-9-12-5-11(16-19-12)7-17-6-10-3-2-4-14(15)13(10)8-17/h5-6,8,14H,2-4,7,9,15H2,1H3. The van der Waals surface area contributed by atoms with Crippen molar-refractivity contribution in [2.75, 3.05) is 7.11 Å². The first-order chi connectivity index (χ1) is 9.26. The number of aryl methyl sites for hydroxylation is 1. The number of aromatic nitrogens is 2. The molecule has 1 aliphatic carbocycles. The molecule has 1 atom stereocenters. The van der Waals surface area contributed by atoms with Crippen LogP contribution in [0.15, 0.2) is 23.0 Å². The average Bonchev–Trinajstić information content (AvgIpc) is 2.98. The van der Waals surface area contributed by atoms with Gasteiger partial charge in [-0.2, -0.15) is 0 Å². The molecule has 2 N–H and O–H groups in total. The summed E-state index contributed by atoms with van der Waals surface area (Å²) in [5.74, 6) is 0.756. The summed E-state index contributed by atoms with van der Waals surface area (Å²) in [6.07, 6.45) is 7.71. The molecule has 0 spiro atoms. The van der Waals surface area contributed by atoms with Crippen LogP contribution in [0.25, 0.3) is 0 Å². The SMILES string of the molecule is COCc1cc(Cn2cc3c(c2)C(N)CCC3)no1. The van der Waals surface area contributed by atoms with E-state index < -0.39 is 0 Å². The van der Waals surface area contributed by atoms with Gasteiger partial charge in [0.05, 0.1) is 6.54 Å². The molecule has 0 saturated heterocycles. The fourth-order valence-electron chi connectivity index (χ4n) is 2.70. The van der Waals surface area contributed by atoms with Crippen molar-refractivity contribution in [2.24, 2.45) is 5.73 Å². The van der Waals surface area contributed by atoms with Crippen molar-refractivity contribution in [3.8, 4) is 0 Å². The maximum atomic E-state index is 6.13. The van der Waals surface area contributed by atoms with Crippen LogP contribution in [0.5, 0.6) is 0 Å². The topological polar surface area (TPSA) is 66.2 Å². The second-order valence-electron chi connectivity index (χ2n) is 5.13. The van der Waals surface area contributed by atoms with Gasteiger partial charge < -0.3 is 19.6 Å². The van der Waals surface area contributed by atoms with Crippen molar-refractivity contribution in [2.45, 2.75) is 38.5 Å². The van der Waals surface area contributed by atoms with Crippen LogP contribution >= 0.6 is 0 Å². The highest BCUT2D eigenvalue weighted by atomic mass is 16.5. The predicted octanol–water partition coefficient (Wildman–Crippen LogP) is 2.01. The van der Waals surface area contributed by atoms with Crippen LogP contribution in [0.3, 0.4) is 0 Å². The quantitative estimate of drug-likeness (QED) is 0.914. The van der Waals surface area contributed by atoms with E-state index in [2.05, 4.69) is 22.1 Å². The monoisotopic (exact) mass is 261 g/mol. The van der Waals surface area contributed by atoms with Gasteiger partial charge in [0.2, 0.25) is 0 Å². The molecule has 19 heavy (non-hydrogen) atoms. The van der Waals surface area contributed by atoms with Gasteiger partial charge in [0, 0.05) is 31.6 Å². The molecule has 1 aliphatic rings. The third-order valence-electron chi connectivity index (χ3n) is 3.60. The van der Waals surface area contributed by atoms with E-state index in [-0.39, 0.29) is 6.04 Å². The van der Waals surface area contributed by atoms with Crippen molar-refractivity contribution in [3.63, 3.8) is 0 Å². The van der Waals surface area contributed by atoms with Gasteiger partial charge in [0.15, 0.2) is 5.76 Å². The normalized spacial score (nSPS) is 18.5.